The third kappa shape index (κ3) is 3.81. The van der Waals surface area contributed by atoms with Crippen LogP contribution >= 0.6 is 23.5 Å². The SMILES string of the molecule is CCCC1CCC(C2CCC(C3Cc4cccc(F)c4C34SCCS4)CC2)CC1. The lowest BCUT2D eigenvalue weighted by Crippen LogP contribution is -2.34. The average Bonchev–Trinajstić information content (AvgIpc) is 3.36. The number of rotatable bonds is 4. The summed E-state index contributed by atoms with van der Waals surface area (Å²) in [5.74, 6) is 6.89. The van der Waals surface area contributed by atoms with E-state index in [1.807, 2.05) is 6.07 Å². The van der Waals surface area contributed by atoms with E-state index in [-0.39, 0.29) is 9.90 Å². The summed E-state index contributed by atoms with van der Waals surface area (Å²) in [4.78, 5) is 0. The zero-order valence-electron chi connectivity index (χ0n) is 18.0. The Kier molecular flexibility index (Phi) is 6.27. The summed E-state index contributed by atoms with van der Waals surface area (Å²) in [5, 5.41) is 0. The Morgan fingerprint density at radius 2 is 1.52 bits per heavy atom. The molecule has 1 aromatic carbocycles. The highest BCUT2D eigenvalue weighted by atomic mass is 32.2. The molecular formula is C26H37FS2. The van der Waals surface area contributed by atoms with Gasteiger partial charge in [-0.05, 0) is 86.2 Å². The van der Waals surface area contributed by atoms with Gasteiger partial charge in [0.2, 0.25) is 0 Å². The molecule has 4 aliphatic rings. The number of halogens is 1. The molecule has 0 aromatic heterocycles. The highest BCUT2D eigenvalue weighted by molar-refractivity contribution is 8.20. The van der Waals surface area contributed by atoms with Crippen molar-refractivity contribution < 1.29 is 4.39 Å². The van der Waals surface area contributed by atoms with Gasteiger partial charge in [-0.15, -0.1) is 23.5 Å². The molecule has 29 heavy (non-hydrogen) atoms. The molecule has 1 atom stereocenters. The molecule has 1 unspecified atom stereocenters. The van der Waals surface area contributed by atoms with Gasteiger partial charge in [0.25, 0.3) is 0 Å². The van der Waals surface area contributed by atoms with Gasteiger partial charge in [-0.1, -0.05) is 44.7 Å². The molecule has 1 saturated heterocycles. The molecule has 1 spiro atoms. The zero-order valence-corrected chi connectivity index (χ0v) is 19.6. The van der Waals surface area contributed by atoms with Gasteiger partial charge in [0.05, 0.1) is 4.08 Å². The van der Waals surface area contributed by atoms with Crippen molar-refractivity contribution in [1.82, 2.24) is 0 Å². The number of hydrogen-bond acceptors (Lipinski definition) is 2. The average molecular weight is 433 g/mol. The summed E-state index contributed by atoms with van der Waals surface area (Å²) in [6, 6.07) is 5.84. The molecule has 0 nitrogen and oxygen atoms in total. The molecule has 1 heterocycles. The number of fused-ring (bicyclic) bond motifs is 2. The number of benzene rings is 1. The van der Waals surface area contributed by atoms with Crippen LogP contribution in [-0.2, 0) is 10.5 Å². The molecule has 2 saturated carbocycles. The molecule has 160 valence electrons. The van der Waals surface area contributed by atoms with Crippen molar-refractivity contribution in [3.63, 3.8) is 0 Å². The molecule has 1 aromatic rings. The molecule has 3 aliphatic carbocycles. The first kappa shape index (κ1) is 20.7. The lowest BCUT2D eigenvalue weighted by atomic mass is 9.66. The summed E-state index contributed by atoms with van der Waals surface area (Å²) in [6.07, 6.45) is 15.6. The summed E-state index contributed by atoms with van der Waals surface area (Å²) in [7, 11) is 0. The third-order valence-corrected chi connectivity index (χ3v) is 12.4. The standard InChI is InChI=1S/C26H37FS2/c1-2-4-18-7-9-19(10-8-18)20-11-13-21(14-12-20)23-17-22-5-3-6-24(27)25(22)26(23)28-15-16-29-26/h3,5-6,18-21,23H,2,4,7-17H2,1H3. The predicted octanol–water partition coefficient (Wildman–Crippen LogP) is 8.04. The Morgan fingerprint density at radius 1 is 0.897 bits per heavy atom. The largest absolute Gasteiger partial charge is 0.207 e. The van der Waals surface area contributed by atoms with Crippen LogP contribution in [-0.4, -0.2) is 11.5 Å². The Labute approximate surface area is 185 Å². The first-order valence-corrected chi connectivity index (χ1v) is 14.2. The molecule has 5 rings (SSSR count). The van der Waals surface area contributed by atoms with Crippen LogP contribution in [0.25, 0.3) is 0 Å². The smallest absolute Gasteiger partial charge is 0.128 e. The van der Waals surface area contributed by atoms with Crippen LogP contribution in [0, 0.1) is 35.4 Å². The van der Waals surface area contributed by atoms with Crippen LogP contribution in [0.3, 0.4) is 0 Å². The van der Waals surface area contributed by atoms with Crippen LogP contribution in [0.2, 0.25) is 0 Å². The van der Waals surface area contributed by atoms with E-state index in [1.165, 1.54) is 81.3 Å². The zero-order chi connectivity index (χ0) is 19.8. The molecule has 0 radical (unpaired) electrons. The second-order valence-electron chi connectivity index (χ2n) is 10.2. The monoisotopic (exact) mass is 432 g/mol. The van der Waals surface area contributed by atoms with E-state index >= 15 is 0 Å². The summed E-state index contributed by atoms with van der Waals surface area (Å²) < 4.78 is 14.9. The molecule has 0 bridgehead atoms. The van der Waals surface area contributed by atoms with Crippen molar-refractivity contribution in [2.24, 2.45) is 29.6 Å². The summed E-state index contributed by atoms with van der Waals surface area (Å²) in [5.41, 5.74) is 2.39. The van der Waals surface area contributed by atoms with Gasteiger partial charge in [0.15, 0.2) is 0 Å². The van der Waals surface area contributed by atoms with Crippen LogP contribution in [0.1, 0.15) is 82.3 Å². The fourth-order valence-electron chi connectivity index (χ4n) is 7.32. The predicted molar refractivity (Wildman–Crippen MR) is 126 cm³/mol. The molecule has 0 N–H and O–H groups in total. The Balaban J connectivity index is 1.24. The van der Waals surface area contributed by atoms with E-state index < -0.39 is 0 Å². The number of hydrogen-bond donors (Lipinski definition) is 0. The van der Waals surface area contributed by atoms with Crippen molar-refractivity contribution in [3.8, 4) is 0 Å². The van der Waals surface area contributed by atoms with Gasteiger partial charge in [0, 0.05) is 17.1 Å². The van der Waals surface area contributed by atoms with E-state index in [0.717, 1.165) is 35.7 Å². The normalized spacial score (nSPS) is 36.4. The molecule has 3 fully saturated rings. The molecule has 0 amide bonds. The van der Waals surface area contributed by atoms with Crippen molar-refractivity contribution in [2.75, 3.05) is 11.5 Å². The minimum Gasteiger partial charge on any atom is -0.207 e. The van der Waals surface area contributed by atoms with Gasteiger partial charge >= 0.3 is 0 Å². The van der Waals surface area contributed by atoms with Gasteiger partial charge in [-0.3, -0.25) is 0 Å². The first-order chi connectivity index (χ1) is 14.2. The second kappa shape index (κ2) is 8.77. The van der Waals surface area contributed by atoms with Crippen LogP contribution < -0.4 is 0 Å². The van der Waals surface area contributed by atoms with E-state index in [0.29, 0.717) is 5.92 Å². The third-order valence-electron chi connectivity index (χ3n) is 8.73. The highest BCUT2D eigenvalue weighted by Gasteiger charge is 2.54. The Morgan fingerprint density at radius 3 is 2.17 bits per heavy atom. The highest BCUT2D eigenvalue weighted by Crippen LogP contribution is 2.65. The maximum atomic E-state index is 14.9. The van der Waals surface area contributed by atoms with Crippen LogP contribution in [0.5, 0.6) is 0 Å². The van der Waals surface area contributed by atoms with Gasteiger partial charge < -0.3 is 0 Å². The molecule has 3 heteroatoms. The summed E-state index contributed by atoms with van der Waals surface area (Å²) >= 11 is 4.14. The van der Waals surface area contributed by atoms with Crippen LogP contribution in [0.15, 0.2) is 18.2 Å². The number of thioether (sulfide) groups is 2. The van der Waals surface area contributed by atoms with E-state index in [2.05, 4.69) is 36.5 Å². The van der Waals surface area contributed by atoms with E-state index in [1.54, 1.807) is 6.07 Å². The topological polar surface area (TPSA) is 0 Å². The minimum absolute atomic E-state index is 0.0242. The van der Waals surface area contributed by atoms with Gasteiger partial charge in [-0.2, -0.15) is 0 Å². The van der Waals surface area contributed by atoms with Crippen LogP contribution in [0.4, 0.5) is 4.39 Å². The van der Waals surface area contributed by atoms with Gasteiger partial charge in [0.1, 0.15) is 5.82 Å². The molecule has 1 aliphatic heterocycles. The van der Waals surface area contributed by atoms with E-state index in [9.17, 15) is 4.39 Å². The molecular weight excluding hydrogens is 395 g/mol. The Hall–Kier alpha value is -0.150. The maximum Gasteiger partial charge on any atom is 0.128 e. The van der Waals surface area contributed by atoms with Gasteiger partial charge in [-0.25, -0.2) is 4.39 Å². The quantitative estimate of drug-likeness (QED) is 0.472. The maximum absolute atomic E-state index is 14.9. The summed E-state index contributed by atoms with van der Waals surface area (Å²) in [6.45, 7) is 2.34. The van der Waals surface area contributed by atoms with Crippen molar-refractivity contribution in [3.05, 3.63) is 35.1 Å². The fraction of sp³-hybridized carbons (Fsp3) is 0.769. The van der Waals surface area contributed by atoms with E-state index in [4.69, 9.17) is 0 Å². The van der Waals surface area contributed by atoms with Crippen molar-refractivity contribution >= 4 is 23.5 Å². The second-order valence-corrected chi connectivity index (χ2v) is 13.1. The van der Waals surface area contributed by atoms with Crippen molar-refractivity contribution in [1.29, 1.82) is 0 Å². The van der Waals surface area contributed by atoms with Crippen molar-refractivity contribution in [2.45, 2.75) is 81.6 Å². The lowest BCUT2D eigenvalue weighted by Gasteiger charge is -2.42. The first-order valence-electron chi connectivity index (χ1n) is 12.3. The fourth-order valence-corrected chi connectivity index (χ4v) is 11.2. The lowest BCUT2D eigenvalue weighted by molar-refractivity contribution is 0.122. The minimum atomic E-state index is 0.0242. The Bertz CT molecular complexity index is 695.